The summed E-state index contributed by atoms with van der Waals surface area (Å²) >= 11 is 0. The molecule has 0 aliphatic rings. The van der Waals surface area contributed by atoms with Gasteiger partial charge in [-0.15, -0.1) is 0 Å². The molecular formula is C54H96O6. The van der Waals surface area contributed by atoms with E-state index in [1.54, 1.807) is 0 Å². The molecule has 0 radical (unpaired) electrons. The Hall–Kier alpha value is -2.63. The standard InChI is InChI=1S/C54H96O6/c1-4-7-10-13-16-19-22-24-26-27-29-30-32-35-38-41-44-47-53(56)59-50-51(49-58-52(55)46-43-40-37-34-21-18-15-12-9-6-3)60-54(57)48-45-42-39-36-33-31-28-25-23-20-17-14-11-8-5-2/h8,11,14,17,20,23,25,28,51H,4-7,9-10,12-13,15-16,18-19,21-22,24,26-27,29-50H2,1-3H3/b11-8-,17-14-,23-20-,28-25-. The number of rotatable bonds is 46. The van der Waals surface area contributed by atoms with E-state index in [1.807, 2.05) is 18.2 Å². The lowest BCUT2D eigenvalue weighted by atomic mass is 10.0. The zero-order valence-corrected chi connectivity index (χ0v) is 39.7. The molecule has 0 aromatic rings. The molecule has 0 aromatic carbocycles. The first-order chi connectivity index (χ1) is 29.5. The topological polar surface area (TPSA) is 78.9 Å². The molecule has 6 nitrogen and oxygen atoms in total. The monoisotopic (exact) mass is 841 g/mol. The second kappa shape index (κ2) is 49.0. The minimum absolute atomic E-state index is 0.0794. The summed E-state index contributed by atoms with van der Waals surface area (Å²) in [5, 5.41) is 0. The van der Waals surface area contributed by atoms with E-state index in [0.29, 0.717) is 19.3 Å². The van der Waals surface area contributed by atoms with E-state index in [9.17, 15) is 14.4 Å². The van der Waals surface area contributed by atoms with Crippen molar-refractivity contribution in [3.63, 3.8) is 0 Å². The SMILES string of the molecule is CC\C=C/C=C\C=C/C=C\CCCCCCCC(=O)OC(COC(=O)CCCCCCCCCCCC)COC(=O)CCCCCCCCCCCCCCCCCCC. The summed E-state index contributed by atoms with van der Waals surface area (Å²) in [6, 6.07) is 0. The van der Waals surface area contributed by atoms with Crippen molar-refractivity contribution in [1.29, 1.82) is 0 Å². The molecule has 0 aliphatic carbocycles. The van der Waals surface area contributed by atoms with Crippen LogP contribution >= 0.6 is 0 Å². The molecule has 0 aromatic heterocycles. The van der Waals surface area contributed by atoms with Gasteiger partial charge in [0.1, 0.15) is 13.2 Å². The summed E-state index contributed by atoms with van der Waals surface area (Å²) < 4.78 is 16.8. The van der Waals surface area contributed by atoms with Crippen molar-refractivity contribution in [3.05, 3.63) is 48.6 Å². The van der Waals surface area contributed by atoms with Crippen molar-refractivity contribution in [2.75, 3.05) is 13.2 Å². The number of carbonyl (C=O) groups excluding carboxylic acids is 3. The molecule has 0 rings (SSSR count). The minimum Gasteiger partial charge on any atom is -0.462 e. The highest BCUT2D eigenvalue weighted by Crippen LogP contribution is 2.16. The largest absolute Gasteiger partial charge is 0.462 e. The predicted molar refractivity (Wildman–Crippen MR) is 256 cm³/mol. The third-order valence-corrected chi connectivity index (χ3v) is 11.2. The smallest absolute Gasteiger partial charge is 0.306 e. The van der Waals surface area contributed by atoms with Crippen molar-refractivity contribution < 1.29 is 28.6 Å². The van der Waals surface area contributed by atoms with Crippen molar-refractivity contribution in [3.8, 4) is 0 Å². The summed E-state index contributed by atoms with van der Waals surface area (Å²) in [6.07, 6.45) is 58.1. The molecule has 0 fully saturated rings. The zero-order valence-electron chi connectivity index (χ0n) is 39.7. The maximum atomic E-state index is 12.8. The van der Waals surface area contributed by atoms with Crippen LogP contribution < -0.4 is 0 Å². The molecule has 0 saturated heterocycles. The lowest BCUT2D eigenvalue weighted by Crippen LogP contribution is -2.30. The first kappa shape index (κ1) is 57.4. The Morgan fingerprint density at radius 1 is 0.350 bits per heavy atom. The Bertz CT molecular complexity index is 1060. The van der Waals surface area contributed by atoms with E-state index < -0.39 is 6.10 Å². The molecule has 0 aliphatic heterocycles. The van der Waals surface area contributed by atoms with Crippen LogP contribution in [0.5, 0.6) is 0 Å². The quantitative estimate of drug-likeness (QED) is 0.0263. The second-order valence-electron chi connectivity index (χ2n) is 17.2. The van der Waals surface area contributed by atoms with E-state index in [0.717, 1.165) is 83.5 Å². The van der Waals surface area contributed by atoms with Gasteiger partial charge >= 0.3 is 17.9 Å². The number of esters is 3. The zero-order chi connectivity index (χ0) is 43.7. The van der Waals surface area contributed by atoms with Crippen LogP contribution in [-0.2, 0) is 28.6 Å². The van der Waals surface area contributed by atoms with Crippen molar-refractivity contribution in [1.82, 2.24) is 0 Å². The van der Waals surface area contributed by atoms with E-state index in [-0.39, 0.29) is 31.1 Å². The van der Waals surface area contributed by atoms with Crippen LogP contribution in [0.2, 0.25) is 0 Å². The van der Waals surface area contributed by atoms with Crippen molar-refractivity contribution in [2.45, 2.75) is 264 Å². The third kappa shape index (κ3) is 46.4. The van der Waals surface area contributed by atoms with Crippen LogP contribution in [0.1, 0.15) is 258 Å². The van der Waals surface area contributed by atoms with Gasteiger partial charge in [-0.1, -0.05) is 249 Å². The van der Waals surface area contributed by atoms with Gasteiger partial charge in [0.25, 0.3) is 0 Å². The van der Waals surface area contributed by atoms with Crippen LogP contribution in [0.15, 0.2) is 48.6 Å². The predicted octanol–water partition coefficient (Wildman–Crippen LogP) is 16.7. The average Bonchev–Trinajstić information content (AvgIpc) is 3.24. The van der Waals surface area contributed by atoms with Gasteiger partial charge in [0.2, 0.25) is 0 Å². The Morgan fingerprint density at radius 3 is 1.02 bits per heavy atom. The number of ether oxygens (including phenoxy) is 3. The van der Waals surface area contributed by atoms with Gasteiger partial charge < -0.3 is 14.2 Å². The van der Waals surface area contributed by atoms with E-state index >= 15 is 0 Å². The fourth-order valence-electron chi connectivity index (χ4n) is 7.34. The Balaban J connectivity index is 4.35. The number of hydrogen-bond acceptors (Lipinski definition) is 6. The maximum absolute atomic E-state index is 12.8. The summed E-state index contributed by atoms with van der Waals surface area (Å²) in [5.74, 6) is -0.895. The second-order valence-corrected chi connectivity index (χ2v) is 17.2. The minimum atomic E-state index is -0.780. The number of carbonyl (C=O) groups is 3. The lowest BCUT2D eigenvalue weighted by Gasteiger charge is -2.18. The summed E-state index contributed by atoms with van der Waals surface area (Å²) in [4.78, 5) is 37.9. The molecule has 0 saturated carbocycles. The highest BCUT2D eigenvalue weighted by atomic mass is 16.6. The summed E-state index contributed by atoms with van der Waals surface area (Å²) in [7, 11) is 0. The van der Waals surface area contributed by atoms with Gasteiger partial charge in [0.05, 0.1) is 0 Å². The molecule has 1 atom stereocenters. The Morgan fingerprint density at radius 2 is 0.650 bits per heavy atom. The van der Waals surface area contributed by atoms with E-state index in [2.05, 4.69) is 51.2 Å². The molecule has 0 bridgehead atoms. The fraction of sp³-hybridized carbons (Fsp3) is 0.796. The van der Waals surface area contributed by atoms with E-state index in [1.165, 1.54) is 135 Å². The molecule has 1 unspecified atom stereocenters. The molecular weight excluding hydrogens is 745 g/mol. The van der Waals surface area contributed by atoms with Crippen LogP contribution in [0.4, 0.5) is 0 Å². The van der Waals surface area contributed by atoms with Crippen LogP contribution in [0, 0.1) is 0 Å². The Labute approximate surface area is 371 Å². The Kier molecular flexibility index (Phi) is 46.9. The van der Waals surface area contributed by atoms with Gasteiger partial charge in [0, 0.05) is 19.3 Å². The average molecular weight is 841 g/mol. The number of allylic oxidation sites excluding steroid dienone is 8. The maximum Gasteiger partial charge on any atom is 0.306 e. The molecule has 0 spiro atoms. The van der Waals surface area contributed by atoms with Crippen molar-refractivity contribution >= 4 is 17.9 Å². The highest BCUT2D eigenvalue weighted by Gasteiger charge is 2.19. The fourth-order valence-corrected chi connectivity index (χ4v) is 7.34. The molecule has 348 valence electrons. The van der Waals surface area contributed by atoms with Crippen molar-refractivity contribution in [2.24, 2.45) is 0 Å². The van der Waals surface area contributed by atoms with Gasteiger partial charge in [-0.2, -0.15) is 0 Å². The summed E-state index contributed by atoms with van der Waals surface area (Å²) in [5.41, 5.74) is 0. The lowest BCUT2D eigenvalue weighted by molar-refractivity contribution is -0.167. The van der Waals surface area contributed by atoms with Gasteiger partial charge in [-0.25, -0.2) is 0 Å². The first-order valence-electron chi connectivity index (χ1n) is 25.7. The molecule has 0 amide bonds. The van der Waals surface area contributed by atoms with Gasteiger partial charge in [-0.05, 0) is 38.5 Å². The molecule has 0 N–H and O–H groups in total. The van der Waals surface area contributed by atoms with Crippen LogP contribution in [-0.4, -0.2) is 37.2 Å². The molecule has 60 heavy (non-hydrogen) atoms. The first-order valence-corrected chi connectivity index (χ1v) is 25.7. The van der Waals surface area contributed by atoms with Gasteiger partial charge in [0.15, 0.2) is 6.10 Å². The number of unbranched alkanes of at least 4 members (excludes halogenated alkanes) is 30. The van der Waals surface area contributed by atoms with Crippen LogP contribution in [0.3, 0.4) is 0 Å². The van der Waals surface area contributed by atoms with Crippen LogP contribution in [0.25, 0.3) is 0 Å². The molecule has 6 heteroatoms. The van der Waals surface area contributed by atoms with Gasteiger partial charge in [-0.3, -0.25) is 14.4 Å². The van der Waals surface area contributed by atoms with E-state index in [4.69, 9.17) is 14.2 Å². The highest BCUT2D eigenvalue weighted by molar-refractivity contribution is 5.71. The third-order valence-electron chi connectivity index (χ3n) is 11.2. The molecule has 0 heterocycles. The number of hydrogen-bond donors (Lipinski definition) is 0. The summed E-state index contributed by atoms with van der Waals surface area (Å²) in [6.45, 7) is 6.49. The normalized spacial score (nSPS) is 12.4.